The molecule has 0 bridgehead atoms. The van der Waals surface area contributed by atoms with E-state index in [4.69, 9.17) is 0 Å². The first-order valence-corrected chi connectivity index (χ1v) is 14.8. The molecule has 8 nitrogen and oxygen atoms in total. The second-order valence-corrected chi connectivity index (χ2v) is 10.6. The molecule has 3 aliphatic rings. The van der Waals surface area contributed by atoms with Gasteiger partial charge in [0.15, 0.2) is 6.29 Å². The van der Waals surface area contributed by atoms with Crippen LogP contribution in [-0.4, -0.2) is 67.3 Å². The standard InChI is InChI=1S/C17H24N4O.C7H8OS.C5H9NO.C2H6/c1-12(20-18-2)10-16(22)17(21(4)19-3)15-9-8-13-6-5-7-14(13)11-15;1-6-3-2-4-7(5-8)9-6;7-5-6-3-1-2-4-6;1-2/h8-9,11,18,22H,3,5-7,10H2,1-2,4H3;3-5H,2H2,1H3;5H,1-4H2;1-2H3/b17-16+,20-12+;;;. The summed E-state index contributed by atoms with van der Waals surface area (Å²) in [7, 11) is 3.53. The molecule has 2 heterocycles. The number of nitrogens with zero attached hydrogens (tertiary/aromatic N) is 4. The van der Waals surface area contributed by atoms with Gasteiger partial charge in [0, 0.05) is 56.5 Å². The Hall–Kier alpha value is -3.33. The number of carbonyl (C=O) groups excluding carboxylic acids is 2. The summed E-state index contributed by atoms with van der Waals surface area (Å²) in [5, 5.41) is 20.2. The van der Waals surface area contributed by atoms with E-state index >= 15 is 0 Å². The number of aliphatic hydroxyl groups excluding tert-OH is 1. The number of nitrogens with one attached hydrogen (secondary N) is 1. The summed E-state index contributed by atoms with van der Waals surface area (Å²) in [6.45, 7) is 13.4. The van der Waals surface area contributed by atoms with Crippen LogP contribution in [0.1, 0.15) is 76.5 Å². The number of amides is 1. The zero-order valence-corrected chi connectivity index (χ0v) is 25.9. The van der Waals surface area contributed by atoms with E-state index in [0.717, 1.165) is 61.2 Å². The monoisotopic (exact) mass is 569 g/mol. The van der Waals surface area contributed by atoms with Crippen LogP contribution in [0, 0.1) is 0 Å². The molecule has 2 aliphatic heterocycles. The quantitative estimate of drug-likeness (QED) is 0.165. The number of aliphatic hydroxyl groups is 1. The number of hydrazone groups is 2. The van der Waals surface area contributed by atoms with Gasteiger partial charge in [0.2, 0.25) is 6.41 Å². The van der Waals surface area contributed by atoms with Gasteiger partial charge in [0.25, 0.3) is 0 Å². The van der Waals surface area contributed by atoms with Gasteiger partial charge in [-0.3, -0.25) is 14.6 Å². The van der Waals surface area contributed by atoms with Gasteiger partial charge in [-0.1, -0.05) is 49.9 Å². The first-order chi connectivity index (χ1) is 19.3. The van der Waals surface area contributed by atoms with Crippen molar-refractivity contribution in [3.8, 4) is 0 Å². The lowest BCUT2D eigenvalue weighted by molar-refractivity contribution is -0.117. The van der Waals surface area contributed by atoms with E-state index in [1.165, 1.54) is 35.3 Å². The first kappa shape index (κ1) is 34.7. The highest BCUT2D eigenvalue weighted by atomic mass is 32.2. The Morgan fingerprint density at radius 2 is 1.82 bits per heavy atom. The summed E-state index contributed by atoms with van der Waals surface area (Å²) in [5.41, 5.74) is 7.94. The molecule has 0 saturated carbocycles. The maximum absolute atomic E-state index is 10.6. The smallest absolute Gasteiger partial charge is 0.209 e. The van der Waals surface area contributed by atoms with Gasteiger partial charge in [-0.2, -0.15) is 10.2 Å². The SMILES string of the molecule is C=NN(C)/C(=C(/O)C/C(C)=N/NC)c1ccc2c(c1)CCC2.CC.CC1=CCC=C(C=O)S1.O=CN1CCCC1. The number of allylic oxidation sites excluding steroid dienone is 5. The van der Waals surface area contributed by atoms with Crippen molar-refractivity contribution in [3.63, 3.8) is 0 Å². The summed E-state index contributed by atoms with van der Waals surface area (Å²) in [4.78, 5) is 24.0. The maximum atomic E-state index is 10.6. The number of likely N-dealkylation sites (tertiary alicyclic amines) is 1. The van der Waals surface area contributed by atoms with Crippen molar-refractivity contribution in [2.45, 2.75) is 72.6 Å². The largest absolute Gasteiger partial charge is 0.510 e. The lowest BCUT2D eigenvalue weighted by atomic mass is 10.0. The predicted molar refractivity (Wildman–Crippen MR) is 170 cm³/mol. The number of hydrogen-bond donors (Lipinski definition) is 2. The van der Waals surface area contributed by atoms with E-state index in [1.54, 1.807) is 35.8 Å². The van der Waals surface area contributed by atoms with Crippen molar-refractivity contribution in [2.75, 3.05) is 27.2 Å². The minimum absolute atomic E-state index is 0.240. The molecule has 0 atom stereocenters. The van der Waals surface area contributed by atoms with Crippen molar-refractivity contribution >= 4 is 42.6 Å². The minimum atomic E-state index is 0.240. The summed E-state index contributed by atoms with van der Waals surface area (Å²) in [6.07, 6.45) is 13.0. The molecule has 1 aromatic carbocycles. The molecule has 9 heteroatoms. The summed E-state index contributed by atoms with van der Waals surface area (Å²) in [6, 6.07) is 6.35. The van der Waals surface area contributed by atoms with Crippen LogP contribution in [0.4, 0.5) is 0 Å². The summed E-state index contributed by atoms with van der Waals surface area (Å²) in [5.74, 6) is 0.240. The van der Waals surface area contributed by atoms with Crippen LogP contribution >= 0.6 is 11.8 Å². The lowest BCUT2D eigenvalue weighted by Crippen LogP contribution is -2.15. The molecule has 4 rings (SSSR count). The summed E-state index contributed by atoms with van der Waals surface area (Å²) >= 11 is 1.54. The van der Waals surface area contributed by atoms with Gasteiger partial charge in [0.05, 0.1) is 0 Å². The Bertz CT molecular complexity index is 1090. The van der Waals surface area contributed by atoms with E-state index in [-0.39, 0.29) is 5.76 Å². The third-order valence-electron chi connectivity index (χ3n) is 6.32. The highest BCUT2D eigenvalue weighted by molar-refractivity contribution is 8.07. The second kappa shape index (κ2) is 19.7. The first-order valence-electron chi connectivity index (χ1n) is 14.0. The molecule has 1 amide bonds. The molecular formula is C31H47N5O3S. The zero-order chi connectivity index (χ0) is 29.9. The molecule has 0 radical (unpaired) electrons. The molecule has 0 spiro atoms. The van der Waals surface area contributed by atoms with Crippen molar-refractivity contribution in [1.29, 1.82) is 0 Å². The number of aldehydes is 1. The molecule has 1 saturated heterocycles. The molecular weight excluding hydrogens is 522 g/mol. The number of aryl methyl sites for hydroxylation is 2. The Morgan fingerprint density at radius 1 is 1.15 bits per heavy atom. The van der Waals surface area contributed by atoms with Crippen molar-refractivity contribution in [1.82, 2.24) is 15.3 Å². The average molecular weight is 570 g/mol. The Labute approximate surface area is 245 Å². The van der Waals surface area contributed by atoms with Gasteiger partial charge >= 0.3 is 0 Å². The second-order valence-electron chi connectivity index (χ2n) is 9.27. The van der Waals surface area contributed by atoms with Crippen LogP contribution < -0.4 is 5.43 Å². The normalized spacial score (nSPS) is 16.1. The van der Waals surface area contributed by atoms with E-state index < -0.39 is 0 Å². The van der Waals surface area contributed by atoms with Crippen molar-refractivity contribution < 1.29 is 14.7 Å². The molecule has 0 aromatic heterocycles. The van der Waals surface area contributed by atoms with Crippen molar-refractivity contribution in [3.05, 3.63) is 62.6 Å². The molecule has 1 aromatic rings. The van der Waals surface area contributed by atoms with E-state index in [1.807, 2.05) is 39.8 Å². The Morgan fingerprint density at radius 3 is 2.35 bits per heavy atom. The van der Waals surface area contributed by atoms with Gasteiger partial charge in [-0.25, -0.2) is 0 Å². The zero-order valence-electron chi connectivity index (χ0n) is 25.1. The maximum Gasteiger partial charge on any atom is 0.209 e. The molecule has 1 fully saturated rings. The number of fused-ring (bicyclic) bond motifs is 1. The predicted octanol–water partition coefficient (Wildman–Crippen LogP) is 6.31. The highest BCUT2D eigenvalue weighted by Gasteiger charge is 2.18. The molecule has 40 heavy (non-hydrogen) atoms. The van der Waals surface area contributed by atoms with E-state index in [0.29, 0.717) is 12.1 Å². The number of thioether (sulfide) groups is 1. The number of rotatable bonds is 8. The Kier molecular flexibility index (Phi) is 17.1. The lowest BCUT2D eigenvalue weighted by Gasteiger charge is -2.20. The van der Waals surface area contributed by atoms with E-state index in [2.05, 4.69) is 40.6 Å². The number of carbonyl (C=O) groups is 2. The fourth-order valence-corrected chi connectivity index (χ4v) is 5.19. The average Bonchev–Trinajstić information content (AvgIpc) is 3.67. The third kappa shape index (κ3) is 11.8. The number of hydrogen-bond acceptors (Lipinski definition) is 8. The van der Waals surface area contributed by atoms with Crippen molar-refractivity contribution in [2.24, 2.45) is 10.2 Å². The van der Waals surface area contributed by atoms with Crippen LogP contribution in [0.2, 0.25) is 0 Å². The van der Waals surface area contributed by atoms with Gasteiger partial charge in [-0.15, -0.1) is 0 Å². The van der Waals surface area contributed by atoms with Gasteiger partial charge in [-0.05, 0) is 74.5 Å². The summed E-state index contributed by atoms with van der Waals surface area (Å²) < 4.78 is 0. The third-order valence-corrected chi connectivity index (χ3v) is 7.30. The van der Waals surface area contributed by atoms with Gasteiger partial charge in [0.1, 0.15) is 11.5 Å². The van der Waals surface area contributed by atoms with Crippen LogP contribution in [0.5, 0.6) is 0 Å². The minimum Gasteiger partial charge on any atom is -0.510 e. The van der Waals surface area contributed by atoms with E-state index in [9.17, 15) is 14.7 Å². The van der Waals surface area contributed by atoms with Gasteiger partial charge < -0.3 is 15.4 Å². The van der Waals surface area contributed by atoms with Crippen LogP contribution in [0.25, 0.3) is 5.70 Å². The van der Waals surface area contributed by atoms with Crippen LogP contribution in [0.15, 0.2) is 56.1 Å². The molecule has 2 N–H and O–H groups in total. The molecule has 1 aliphatic carbocycles. The van der Waals surface area contributed by atoms with Crippen LogP contribution in [0.3, 0.4) is 0 Å². The molecule has 0 unspecified atom stereocenters. The fourth-order valence-electron chi connectivity index (χ4n) is 4.42. The topological polar surface area (TPSA) is 97.6 Å². The number of benzene rings is 1. The Balaban J connectivity index is 0.000000361. The van der Waals surface area contributed by atoms with Crippen LogP contribution in [-0.2, 0) is 22.4 Å². The fraction of sp³-hybridized carbons (Fsp3) is 0.484. The highest BCUT2D eigenvalue weighted by Crippen LogP contribution is 2.29. The molecule has 220 valence electrons.